The van der Waals surface area contributed by atoms with Gasteiger partial charge in [0.1, 0.15) is 54.9 Å². The van der Waals surface area contributed by atoms with Crippen LogP contribution < -0.4 is 0 Å². The molecule has 0 aromatic heterocycles. The number of rotatable bonds is 27. The Morgan fingerprint density at radius 3 is 0.947 bits per heavy atom. The first kappa shape index (κ1) is 55.1. The highest BCUT2D eigenvalue weighted by Crippen LogP contribution is 2.37. The van der Waals surface area contributed by atoms with Crippen LogP contribution in [0.25, 0.3) is 0 Å². The maximum atomic E-state index is 13.2. The molecule has 0 saturated carbocycles. The summed E-state index contributed by atoms with van der Waals surface area (Å²) < 4.78 is 95.8. The summed E-state index contributed by atoms with van der Waals surface area (Å²) >= 11 is 0. The van der Waals surface area contributed by atoms with Gasteiger partial charge in [-0.2, -0.15) is 0 Å². The molecule has 398 valence electrons. The monoisotopic (exact) mass is 1070 g/mol. The average Bonchev–Trinajstić information content (AvgIpc) is 3.45. The molecule has 0 aliphatic carbocycles. The van der Waals surface area contributed by atoms with Gasteiger partial charge in [-0.25, -0.2) is 8.42 Å². The van der Waals surface area contributed by atoms with E-state index >= 15 is 0 Å². The van der Waals surface area contributed by atoms with Gasteiger partial charge in [0.2, 0.25) is 9.05 Å². The number of hydrogen-bond acceptors (Lipinski definition) is 12. The van der Waals surface area contributed by atoms with Crippen molar-refractivity contribution in [3.8, 4) is 0 Å². The third-order valence-corrected chi connectivity index (χ3v) is 14.3. The van der Waals surface area contributed by atoms with Crippen LogP contribution in [0.5, 0.6) is 0 Å². The Labute approximate surface area is 451 Å². The van der Waals surface area contributed by atoms with E-state index in [4.69, 9.17) is 58.1 Å². The van der Waals surface area contributed by atoms with Gasteiger partial charge in [0.15, 0.2) is 6.29 Å². The van der Waals surface area contributed by atoms with Crippen molar-refractivity contribution in [2.24, 2.45) is 0 Å². The molecule has 4 unspecified atom stereocenters. The summed E-state index contributed by atoms with van der Waals surface area (Å²) in [7, 11) is 1.95. The van der Waals surface area contributed by atoms with Crippen LogP contribution in [0.1, 0.15) is 38.9 Å². The number of halogens is 1. The van der Waals surface area contributed by atoms with Crippen LogP contribution in [0.2, 0.25) is 0 Å². The van der Waals surface area contributed by atoms with Crippen molar-refractivity contribution in [3.05, 3.63) is 251 Å². The van der Waals surface area contributed by atoms with Crippen molar-refractivity contribution < 1.29 is 55.8 Å². The lowest BCUT2D eigenvalue weighted by Crippen LogP contribution is -2.66. The maximum absolute atomic E-state index is 13.2. The standard InChI is InChI=1S/C62H65ClO12S/c63-76(64,65)45-55-57(69-39-49-28-14-4-15-29-49)59(70-40-50-30-16-5-17-31-50)58(54(73-55)44-67-37-47-24-10-2-11-25-47)75-62-61(72-42-52-34-20-7-21-35-52)60(71-41-51-32-18-6-19-33-51)56(68-38-48-26-12-3-13-27-48)53(74-62)43-66-36-46-22-8-1-9-23-46/h1-35,53-62H,36-45H2/t53?,54?,55-,56-,57?,58-,59+,60-,61?,62-/m0/s1. The Morgan fingerprint density at radius 2 is 0.605 bits per heavy atom. The fourth-order valence-electron chi connectivity index (χ4n) is 9.42. The molecule has 0 bridgehead atoms. The summed E-state index contributed by atoms with van der Waals surface area (Å²) in [6, 6.07) is 68.7. The molecule has 7 aromatic rings. The van der Waals surface area contributed by atoms with Crippen LogP contribution >= 0.6 is 10.7 Å². The van der Waals surface area contributed by atoms with Crippen LogP contribution in [0.15, 0.2) is 212 Å². The molecule has 9 rings (SSSR count). The maximum Gasteiger partial charge on any atom is 0.235 e. The number of ether oxygens (including phenoxy) is 10. The van der Waals surface area contributed by atoms with Crippen molar-refractivity contribution in [1.29, 1.82) is 0 Å². The second-order valence-electron chi connectivity index (χ2n) is 18.9. The minimum atomic E-state index is -4.17. The first-order valence-electron chi connectivity index (χ1n) is 25.7. The minimum absolute atomic E-state index is 0.0440. The smallest absolute Gasteiger partial charge is 0.235 e. The van der Waals surface area contributed by atoms with Gasteiger partial charge < -0.3 is 47.4 Å². The van der Waals surface area contributed by atoms with E-state index in [1.807, 2.05) is 212 Å². The molecule has 12 nitrogen and oxygen atoms in total. The SMILES string of the molecule is O=S(=O)(Cl)C[C@@H]1OC(COCc2ccccc2)[C@H](O[C@@H]2OC(COCc3ccccc3)[C@H](OCc3ccccc3)[C@H](OCc3ccccc3)C2OCc2ccccc2)[C@H](OCc2ccccc2)C1OCc1ccccc1. The lowest BCUT2D eigenvalue weighted by molar-refractivity contribution is -0.362. The number of hydrogen-bond donors (Lipinski definition) is 0. The molecule has 7 aromatic carbocycles. The summed E-state index contributed by atoms with van der Waals surface area (Å²) in [5, 5.41) is 0. The molecule has 10 atom stereocenters. The van der Waals surface area contributed by atoms with Gasteiger partial charge in [-0.05, 0) is 38.9 Å². The molecule has 0 spiro atoms. The van der Waals surface area contributed by atoms with Gasteiger partial charge in [0, 0.05) is 10.7 Å². The first-order valence-corrected chi connectivity index (χ1v) is 28.2. The van der Waals surface area contributed by atoms with E-state index in [9.17, 15) is 8.42 Å². The van der Waals surface area contributed by atoms with Gasteiger partial charge in [-0.15, -0.1) is 0 Å². The van der Waals surface area contributed by atoms with Crippen LogP contribution in [-0.4, -0.2) is 88.6 Å². The third-order valence-electron chi connectivity index (χ3n) is 13.2. The fourth-order valence-corrected chi connectivity index (χ4v) is 10.5. The Hall–Kier alpha value is -5.62. The van der Waals surface area contributed by atoms with Gasteiger partial charge in [0.05, 0.1) is 65.2 Å². The molecule has 14 heteroatoms. The molecule has 2 fully saturated rings. The van der Waals surface area contributed by atoms with Gasteiger partial charge in [-0.1, -0.05) is 212 Å². The van der Waals surface area contributed by atoms with Crippen molar-refractivity contribution >= 4 is 19.7 Å². The van der Waals surface area contributed by atoms with Crippen molar-refractivity contribution in [3.63, 3.8) is 0 Å². The lowest BCUT2D eigenvalue weighted by atomic mass is 9.93. The predicted molar refractivity (Wildman–Crippen MR) is 289 cm³/mol. The molecule has 0 radical (unpaired) electrons. The van der Waals surface area contributed by atoms with Gasteiger partial charge in [-0.3, -0.25) is 0 Å². The molecule has 0 amide bonds. The van der Waals surface area contributed by atoms with E-state index in [0.29, 0.717) is 6.61 Å². The van der Waals surface area contributed by atoms with Crippen LogP contribution in [0, 0.1) is 0 Å². The molecular weight excluding hydrogens is 1000 g/mol. The van der Waals surface area contributed by atoms with Crippen molar-refractivity contribution in [2.75, 3.05) is 19.0 Å². The van der Waals surface area contributed by atoms with E-state index in [-0.39, 0.29) is 52.9 Å². The van der Waals surface area contributed by atoms with Crippen molar-refractivity contribution in [1.82, 2.24) is 0 Å². The van der Waals surface area contributed by atoms with E-state index in [1.54, 1.807) is 0 Å². The molecule has 2 saturated heterocycles. The van der Waals surface area contributed by atoms with E-state index < -0.39 is 76.0 Å². The molecule has 2 aliphatic heterocycles. The van der Waals surface area contributed by atoms with E-state index in [2.05, 4.69) is 0 Å². The summed E-state index contributed by atoms with van der Waals surface area (Å²) in [4.78, 5) is 0. The Kier molecular flexibility index (Phi) is 20.8. The Balaban J connectivity index is 1.13. The minimum Gasteiger partial charge on any atom is -0.374 e. The fraction of sp³-hybridized carbons (Fsp3) is 0.323. The zero-order valence-electron chi connectivity index (χ0n) is 42.2. The quantitative estimate of drug-likeness (QED) is 0.0455. The van der Waals surface area contributed by atoms with Crippen molar-refractivity contribution in [2.45, 2.75) is 107 Å². The molecular formula is C62H65ClO12S. The second-order valence-corrected chi connectivity index (χ2v) is 21.7. The second kappa shape index (κ2) is 28.7. The molecule has 0 N–H and O–H groups in total. The average molecular weight is 1070 g/mol. The van der Waals surface area contributed by atoms with Crippen LogP contribution in [0.3, 0.4) is 0 Å². The predicted octanol–water partition coefficient (Wildman–Crippen LogP) is 10.8. The normalized spacial score (nSPS) is 23.8. The molecule has 76 heavy (non-hydrogen) atoms. The zero-order valence-corrected chi connectivity index (χ0v) is 43.8. The Bertz CT molecular complexity index is 2830. The first-order chi connectivity index (χ1) is 37.3. The van der Waals surface area contributed by atoms with Crippen LogP contribution in [0.4, 0.5) is 0 Å². The molecule has 2 heterocycles. The van der Waals surface area contributed by atoms with Gasteiger partial charge >= 0.3 is 0 Å². The topological polar surface area (TPSA) is 126 Å². The summed E-state index contributed by atoms with van der Waals surface area (Å²) in [5.74, 6) is -0.583. The zero-order chi connectivity index (χ0) is 52.2. The van der Waals surface area contributed by atoms with E-state index in [0.717, 1.165) is 38.9 Å². The highest BCUT2D eigenvalue weighted by Gasteiger charge is 2.55. The number of benzene rings is 7. The van der Waals surface area contributed by atoms with E-state index in [1.165, 1.54) is 0 Å². The largest absolute Gasteiger partial charge is 0.374 e. The summed E-state index contributed by atoms with van der Waals surface area (Å²) in [6.45, 7) is 1.40. The third kappa shape index (κ3) is 16.7. The Morgan fingerprint density at radius 1 is 0.329 bits per heavy atom. The molecule has 2 aliphatic rings. The highest BCUT2D eigenvalue weighted by molar-refractivity contribution is 8.13. The van der Waals surface area contributed by atoms with Gasteiger partial charge in [0.25, 0.3) is 0 Å². The lowest BCUT2D eigenvalue weighted by Gasteiger charge is -2.50. The highest BCUT2D eigenvalue weighted by atomic mass is 35.7. The van der Waals surface area contributed by atoms with Crippen LogP contribution in [-0.2, 0) is 103 Å². The summed E-state index contributed by atoms with van der Waals surface area (Å²) in [6.07, 6.45) is -9.71. The summed E-state index contributed by atoms with van der Waals surface area (Å²) in [5.41, 5.74) is 6.45.